The van der Waals surface area contributed by atoms with Crippen molar-refractivity contribution in [3.8, 4) is 0 Å². The van der Waals surface area contributed by atoms with E-state index in [1.54, 1.807) is 6.07 Å². The Labute approximate surface area is 132 Å². The van der Waals surface area contributed by atoms with Crippen molar-refractivity contribution < 1.29 is 24.0 Å². The number of ether oxygens (including phenoxy) is 2. The van der Waals surface area contributed by atoms with Crippen molar-refractivity contribution >= 4 is 23.3 Å². The molecule has 1 aliphatic heterocycles. The predicted octanol–water partition coefficient (Wildman–Crippen LogP) is 0.334. The molecule has 0 unspecified atom stereocenters. The van der Waals surface area contributed by atoms with E-state index in [9.17, 15) is 19.7 Å². The maximum absolute atomic E-state index is 12.0. The molecular formula is C14H17N3O6. The number of anilines is 1. The number of nitro groups is 1. The summed E-state index contributed by atoms with van der Waals surface area (Å²) in [5.41, 5.74) is 0.247. The highest BCUT2D eigenvalue weighted by atomic mass is 16.6. The standard InChI is InChI=1S/C14H17N3O6/c1-22-13(18)9-15-14(19)11-3-2-10(8-12(11)17(20)21)16-4-6-23-7-5-16/h2-3,8H,4-7,9H2,1H3,(H,15,19). The van der Waals surface area contributed by atoms with E-state index in [1.807, 2.05) is 4.90 Å². The molecule has 0 saturated carbocycles. The van der Waals surface area contributed by atoms with Crippen LogP contribution in [-0.4, -0.2) is 56.8 Å². The third-order valence-electron chi connectivity index (χ3n) is 3.42. The summed E-state index contributed by atoms with van der Waals surface area (Å²) in [6.07, 6.45) is 0. The minimum Gasteiger partial charge on any atom is -0.468 e. The number of hydrogen-bond donors (Lipinski definition) is 1. The molecule has 1 aliphatic rings. The third kappa shape index (κ3) is 4.16. The second-order valence-corrected chi connectivity index (χ2v) is 4.82. The van der Waals surface area contributed by atoms with Gasteiger partial charge < -0.3 is 19.7 Å². The first-order chi connectivity index (χ1) is 11.0. The number of benzene rings is 1. The monoisotopic (exact) mass is 323 g/mol. The molecule has 0 atom stereocenters. The minimum atomic E-state index is -0.698. The van der Waals surface area contributed by atoms with E-state index in [4.69, 9.17) is 4.74 Å². The molecule has 0 spiro atoms. The summed E-state index contributed by atoms with van der Waals surface area (Å²) in [7, 11) is 1.19. The summed E-state index contributed by atoms with van der Waals surface area (Å²) in [6, 6.07) is 4.39. The van der Waals surface area contributed by atoms with Gasteiger partial charge in [-0.2, -0.15) is 0 Å². The van der Waals surface area contributed by atoms with Crippen LogP contribution in [0.1, 0.15) is 10.4 Å². The van der Waals surface area contributed by atoms with E-state index in [2.05, 4.69) is 10.1 Å². The number of nitrogens with zero attached hydrogens (tertiary/aromatic N) is 2. The Bertz CT molecular complexity index is 613. The molecule has 1 fully saturated rings. The SMILES string of the molecule is COC(=O)CNC(=O)c1ccc(N2CCOCC2)cc1[N+](=O)[O-]. The molecule has 23 heavy (non-hydrogen) atoms. The van der Waals surface area contributed by atoms with Crippen molar-refractivity contribution in [3.63, 3.8) is 0 Å². The molecule has 1 saturated heterocycles. The number of morpholine rings is 1. The fraction of sp³-hybridized carbons (Fsp3) is 0.429. The predicted molar refractivity (Wildman–Crippen MR) is 80.5 cm³/mol. The number of carbonyl (C=O) groups is 2. The van der Waals surface area contributed by atoms with Crippen LogP contribution in [0.3, 0.4) is 0 Å². The Morgan fingerprint density at radius 3 is 2.70 bits per heavy atom. The van der Waals surface area contributed by atoms with Gasteiger partial charge in [-0.3, -0.25) is 19.7 Å². The molecule has 9 nitrogen and oxygen atoms in total. The lowest BCUT2D eigenvalue weighted by Gasteiger charge is -2.28. The molecule has 0 aromatic heterocycles. The van der Waals surface area contributed by atoms with E-state index in [1.165, 1.54) is 19.2 Å². The van der Waals surface area contributed by atoms with Crippen LogP contribution in [0.5, 0.6) is 0 Å². The van der Waals surface area contributed by atoms with Gasteiger partial charge in [0.15, 0.2) is 0 Å². The van der Waals surface area contributed by atoms with E-state index < -0.39 is 16.8 Å². The molecule has 9 heteroatoms. The number of nitro benzene ring substituents is 1. The van der Waals surface area contributed by atoms with Gasteiger partial charge >= 0.3 is 5.97 Å². The number of esters is 1. The number of carbonyl (C=O) groups excluding carboxylic acids is 2. The van der Waals surface area contributed by atoms with Gasteiger partial charge in [0.2, 0.25) is 0 Å². The van der Waals surface area contributed by atoms with E-state index in [0.29, 0.717) is 32.0 Å². The van der Waals surface area contributed by atoms with Crippen LogP contribution in [0, 0.1) is 10.1 Å². The molecule has 1 aromatic carbocycles. The second-order valence-electron chi connectivity index (χ2n) is 4.82. The van der Waals surface area contributed by atoms with Crippen LogP contribution in [0.2, 0.25) is 0 Å². The van der Waals surface area contributed by atoms with Crippen LogP contribution in [-0.2, 0) is 14.3 Å². The molecule has 0 bridgehead atoms. The lowest BCUT2D eigenvalue weighted by molar-refractivity contribution is -0.385. The number of hydrogen-bond acceptors (Lipinski definition) is 7. The normalized spacial score (nSPS) is 14.2. The number of methoxy groups -OCH3 is 1. The Hall–Kier alpha value is -2.68. The number of rotatable bonds is 5. The summed E-state index contributed by atoms with van der Waals surface area (Å²) >= 11 is 0. The van der Waals surface area contributed by atoms with Gasteiger partial charge in [0.25, 0.3) is 11.6 Å². The van der Waals surface area contributed by atoms with Gasteiger partial charge in [-0.25, -0.2) is 0 Å². The Morgan fingerprint density at radius 2 is 2.09 bits per heavy atom. The van der Waals surface area contributed by atoms with Crippen LogP contribution in [0.15, 0.2) is 18.2 Å². The lowest BCUT2D eigenvalue weighted by atomic mass is 10.1. The molecule has 1 aromatic rings. The molecule has 1 heterocycles. The smallest absolute Gasteiger partial charge is 0.325 e. The van der Waals surface area contributed by atoms with Gasteiger partial charge in [-0.15, -0.1) is 0 Å². The van der Waals surface area contributed by atoms with Crippen molar-refractivity contribution in [1.29, 1.82) is 0 Å². The van der Waals surface area contributed by atoms with Crippen LogP contribution < -0.4 is 10.2 Å². The van der Waals surface area contributed by atoms with Crippen molar-refractivity contribution in [1.82, 2.24) is 5.32 Å². The fourth-order valence-electron chi connectivity index (χ4n) is 2.20. The van der Waals surface area contributed by atoms with Crippen LogP contribution in [0.4, 0.5) is 11.4 Å². The topological polar surface area (TPSA) is 111 Å². The largest absolute Gasteiger partial charge is 0.468 e. The van der Waals surface area contributed by atoms with E-state index >= 15 is 0 Å². The maximum atomic E-state index is 12.0. The molecule has 124 valence electrons. The van der Waals surface area contributed by atoms with E-state index in [-0.39, 0.29) is 17.8 Å². The summed E-state index contributed by atoms with van der Waals surface area (Å²) in [6.45, 7) is 2.01. The maximum Gasteiger partial charge on any atom is 0.325 e. The van der Waals surface area contributed by atoms with Gasteiger partial charge in [0.1, 0.15) is 12.1 Å². The van der Waals surface area contributed by atoms with E-state index in [0.717, 1.165) is 0 Å². The molecular weight excluding hydrogens is 306 g/mol. The first-order valence-corrected chi connectivity index (χ1v) is 6.99. The molecule has 2 rings (SSSR count). The highest BCUT2D eigenvalue weighted by molar-refractivity contribution is 6.00. The minimum absolute atomic E-state index is 0.101. The number of nitrogens with one attached hydrogen (secondary N) is 1. The zero-order valence-electron chi connectivity index (χ0n) is 12.6. The highest BCUT2D eigenvalue weighted by Gasteiger charge is 2.23. The summed E-state index contributed by atoms with van der Waals surface area (Å²) < 4.78 is 9.65. The van der Waals surface area contributed by atoms with Gasteiger partial charge in [0.05, 0.1) is 25.2 Å². The van der Waals surface area contributed by atoms with Crippen molar-refractivity contribution in [2.24, 2.45) is 0 Å². The molecule has 0 aliphatic carbocycles. The summed E-state index contributed by atoms with van der Waals surface area (Å²) in [4.78, 5) is 35.6. The molecule has 1 amide bonds. The van der Waals surface area contributed by atoms with Gasteiger partial charge in [-0.05, 0) is 12.1 Å². The van der Waals surface area contributed by atoms with Crippen LogP contribution in [0.25, 0.3) is 0 Å². The average Bonchev–Trinajstić information content (AvgIpc) is 2.59. The average molecular weight is 323 g/mol. The first kappa shape index (κ1) is 16.7. The Balaban J connectivity index is 2.20. The highest BCUT2D eigenvalue weighted by Crippen LogP contribution is 2.26. The molecule has 1 N–H and O–H groups in total. The zero-order valence-corrected chi connectivity index (χ0v) is 12.6. The summed E-state index contributed by atoms with van der Waals surface area (Å²) in [5, 5.41) is 13.5. The van der Waals surface area contributed by atoms with Crippen molar-refractivity contribution in [2.75, 3.05) is 44.9 Å². The Kier molecular flexibility index (Phi) is 5.47. The number of amides is 1. The first-order valence-electron chi connectivity index (χ1n) is 6.99. The van der Waals surface area contributed by atoms with Gasteiger partial charge in [0, 0.05) is 24.8 Å². The quantitative estimate of drug-likeness (QED) is 0.472. The summed E-state index contributed by atoms with van der Waals surface area (Å²) in [5.74, 6) is -1.33. The van der Waals surface area contributed by atoms with Crippen molar-refractivity contribution in [3.05, 3.63) is 33.9 Å². The molecule has 0 radical (unpaired) electrons. The van der Waals surface area contributed by atoms with Gasteiger partial charge in [-0.1, -0.05) is 0 Å². The second kappa shape index (κ2) is 7.54. The third-order valence-corrected chi connectivity index (χ3v) is 3.42. The lowest BCUT2D eigenvalue weighted by Crippen LogP contribution is -2.36. The Morgan fingerprint density at radius 1 is 1.39 bits per heavy atom. The zero-order chi connectivity index (χ0) is 16.8. The van der Waals surface area contributed by atoms with Crippen LogP contribution >= 0.6 is 0 Å². The van der Waals surface area contributed by atoms with Crippen molar-refractivity contribution in [2.45, 2.75) is 0 Å². The fourth-order valence-corrected chi connectivity index (χ4v) is 2.20.